The number of rotatable bonds is 16. The minimum atomic E-state index is 0.167. The number of hydrogen-bond donors (Lipinski definition) is 1. The number of unbranched alkanes of at least 4 members (excludes halogenated alkanes) is 13. The number of carbonyl (C=O) groups is 1. The maximum atomic E-state index is 11.4. The molecular weight excluding hydrogens is 334 g/mol. The van der Waals surface area contributed by atoms with E-state index in [0.717, 1.165) is 29.5 Å². The van der Waals surface area contributed by atoms with E-state index in [1.54, 1.807) is 6.08 Å². The summed E-state index contributed by atoms with van der Waals surface area (Å²) in [6.07, 6.45) is 23.3. The Kier molecular flexibility index (Phi) is 11.0. The van der Waals surface area contributed by atoms with Gasteiger partial charge in [0.25, 0.3) is 0 Å². The monoisotopic (exact) mass is 373 g/mol. The summed E-state index contributed by atoms with van der Waals surface area (Å²) >= 11 is 0. The second kappa shape index (κ2) is 13.6. The number of fused-ring (bicyclic) bond motifs is 1. The van der Waals surface area contributed by atoms with Gasteiger partial charge in [0.15, 0.2) is 11.7 Å². The van der Waals surface area contributed by atoms with E-state index in [1.165, 1.54) is 83.5 Å². The van der Waals surface area contributed by atoms with Gasteiger partial charge in [-0.15, -0.1) is 0 Å². The number of nitrogens with one attached hydrogen (secondary N) is 1. The molecule has 27 heavy (non-hydrogen) atoms. The first-order chi connectivity index (χ1) is 13.3. The summed E-state index contributed by atoms with van der Waals surface area (Å²) in [5.41, 5.74) is 0. The second-order valence-electron chi connectivity index (χ2n) is 7.97. The molecule has 152 valence electrons. The van der Waals surface area contributed by atoms with Crippen LogP contribution in [0, 0.1) is 0 Å². The lowest BCUT2D eigenvalue weighted by Gasteiger charge is -2.04. The van der Waals surface area contributed by atoms with Gasteiger partial charge in [-0.05, 0) is 12.5 Å². The van der Waals surface area contributed by atoms with Crippen LogP contribution in [0.1, 0.15) is 103 Å². The van der Waals surface area contributed by atoms with Crippen LogP contribution in [0.3, 0.4) is 0 Å². The molecule has 1 aliphatic rings. The van der Waals surface area contributed by atoms with Crippen LogP contribution >= 0.6 is 0 Å². The standard InChI is InChI=1S/C24H39NO2/c1-2-3-4-5-6-7-8-9-10-11-12-13-14-15-18-27-24-20-21-19-22(26)16-17-23(21)25-24/h17,19-20,25H,2-16,18H2,1H3. The molecule has 1 aromatic rings. The molecule has 0 fully saturated rings. The van der Waals surface area contributed by atoms with Crippen LogP contribution in [-0.4, -0.2) is 17.4 Å². The average Bonchev–Trinajstić information content (AvgIpc) is 3.06. The van der Waals surface area contributed by atoms with Gasteiger partial charge < -0.3 is 9.72 Å². The summed E-state index contributed by atoms with van der Waals surface area (Å²) in [5, 5.41) is 1.98. The topological polar surface area (TPSA) is 42.1 Å². The summed E-state index contributed by atoms with van der Waals surface area (Å²) in [6.45, 7) is 3.04. The van der Waals surface area contributed by atoms with Crippen molar-refractivity contribution in [1.82, 2.24) is 4.98 Å². The summed E-state index contributed by atoms with van der Waals surface area (Å²) in [7, 11) is 0. The van der Waals surface area contributed by atoms with E-state index in [2.05, 4.69) is 11.9 Å². The number of ether oxygens (including phenoxy) is 1. The Balaban J connectivity index is 1.37. The zero-order chi connectivity index (χ0) is 19.2. The van der Waals surface area contributed by atoms with Crippen LogP contribution in [0.5, 0.6) is 5.88 Å². The van der Waals surface area contributed by atoms with E-state index in [1.807, 2.05) is 12.1 Å². The van der Waals surface area contributed by atoms with Gasteiger partial charge in [-0.1, -0.05) is 96.5 Å². The lowest BCUT2D eigenvalue weighted by Crippen LogP contribution is -2.26. The zero-order valence-electron chi connectivity index (χ0n) is 17.4. The van der Waals surface area contributed by atoms with Gasteiger partial charge in [-0.3, -0.25) is 4.79 Å². The fourth-order valence-corrected chi connectivity index (χ4v) is 3.74. The minimum absolute atomic E-state index is 0.167. The molecule has 0 unspecified atom stereocenters. The molecule has 0 amide bonds. The average molecular weight is 374 g/mol. The number of ketones is 1. The predicted octanol–water partition coefficient (Wildman–Crippen LogP) is 5.41. The summed E-state index contributed by atoms with van der Waals surface area (Å²) < 4.78 is 5.79. The highest BCUT2D eigenvalue weighted by atomic mass is 16.5. The molecule has 0 saturated heterocycles. The van der Waals surface area contributed by atoms with Crippen LogP contribution in [-0.2, 0) is 4.79 Å². The molecule has 0 bridgehead atoms. The van der Waals surface area contributed by atoms with Crippen LogP contribution in [0.2, 0.25) is 0 Å². The molecule has 1 aliphatic carbocycles. The van der Waals surface area contributed by atoms with Gasteiger partial charge in [0, 0.05) is 23.1 Å². The van der Waals surface area contributed by atoms with Crippen LogP contribution in [0.4, 0.5) is 0 Å². The number of aromatic amines is 1. The fourth-order valence-electron chi connectivity index (χ4n) is 3.74. The maximum Gasteiger partial charge on any atom is 0.191 e. The lowest BCUT2D eigenvalue weighted by atomic mass is 10.0. The number of Topliss-reactive ketones (excluding diaryl/α,β-unsaturated/α-hetero) is 1. The van der Waals surface area contributed by atoms with Crippen molar-refractivity contribution >= 4 is 17.9 Å². The highest BCUT2D eigenvalue weighted by molar-refractivity contribution is 6.09. The number of H-pyrrole nitrogens is 1. The lowest BCUT2D eigenvalue weighted by molar-refractivity contribution is -0.112. The molecule has 0 spiro atoms. The smallest absolute Gasteiger partial charge is 0.191 e. The van der Waals surface area contributed by atoms with Crippen molar-refractivity contribution < 1.29 is 9.53 Å². The van der Waals surface area contributed by atoms with Gasteiger partial charge in [-0.25, -0.2) is 0 Å². The van der Waals surface area contributed by atoms with E-state index in [4.69, 9.17) is 4.74 Å². The molecule has 3 nitrogen and oxygen atoms in total. The molecule has 1 aromatic heterocycles. The van der Waals surface area contributed by atoms with Crippen molar-refractivity contribution in [2.75, 3.05) is 6.61 Å². The molecule has 0 aromatic carbocycles. The summed E-state index contributed by atoms with van der Waals surface area (Å²) in [4.78, 5) is 14.6. The van der Waals surface area contributed by atoms with Crippen LogP contribution in [0.25, 0.3) is 12.2 Å². The van der Waals surface area contributed by atoms with Crippen LogP contribution in [0.15, 0.2) is 6.07 Å². The molecule has 0 aliphatic heterocycles. The van der Waals surface area contributed by atoms with E-state index in [-0.39, 0.29) is 5.78 Å². The Morgan fingerprint density at radius 3 is 2.00 bits per heavy atom. The first kappa shape index (κ1) is 21.8. The highest BCUT2D eigenvalue weighted by Gasteiger charge is 2.05. The van der Waals surface area contributed by atoms with E-state index >= 15 is 0 Å². The van der Waals surface area contributed by atoms with Gasteiger partial charge >= 0.3 is 0 Å². The fraction of sp³-hybridized carbons (Fsp3) is 0.708. The molecule has 0 atom stereocenters. The molecular formula is C24H39NO2. The molecule has 1 heterocycles. The second-order valence-corrected chi connectivity index (χ2v) is 7.97. The molecule has 0 radical (unpaired) electrons. The van der Waals surface area contributed by atoms with Gasteiger partial charge in [0.2, 0.25) is 0 Å². The van der Waals surface area contributed by atoms with Gasteiger partial charge in [0.05, 0.1) is 6.61 Å². The van der Waals surface area contributed by atoms with Gasteiger partial charge in [-0.2, -0.15) is 0 Å². The summed E-state index contributed by atoms with van der Waals surface area (Å²) in [6, 6.07) is 1.94. The van der Waals surface area contributed by atoms with E-state index in [9.17, 15) is 4.79 Å². The molecule has 3 heteroatoms. The zero-order valence-corrected chi connectivity index (χ0v) is 17.4. The molecule has 1 N–H and O–H groups in total. The van der Waals surface area contributed by atoms with E-state index in [0.29, 0.717) is 6.42 Å². The predicted molar refractivity (Wildman–Crippen MR) is 114 cm³/mol. The Labute approximate surface area is 165 Å². The Bertz CT molecular complexity index is 644. The van der Waals surface area contributed by atoms with Gasteiger partial charge in [0.1, 0.15) is 0 Å². The Morgan fingerprint density at radius 1 is 0.852 bits per heavy atom. The van der Waals surface area contributed by atoms with Crippen molar-refractivity contribution in [2.24, 2.45) is 0 Å². The number of carbonyl (C=O) groups excluding carboxylic acids is 1. The largest absolute Gasteiger partial charge is 0.479 e. The maximum absolute atomic E-state index is 11.4. The Morgan fingerprint density at radius 2 is 1.41 bits per heavy atom. The minimum Gasteiger partial charge on any atom is -0.479 e. The first-order valence-electron chi connectivity index (χ1n) is 11.4. The third kappa shape index (κ3) is 9.30. The number of aromatic nitrogens is 1. The SMILES string of the molecule is CCCCCCCCCCCCCCCCOc1cc2c([nH]1)=CCC(=O)C=2. The Hall–Kier alpha value is -1.51. The third-order valence-electron chi connectivity index (χ3n) is 5.43. The van der Waals surface area contributed by atoms with Crippen molar-refractivity contribution in [3.63, 3.8) is 0 Å². The summed E-state index contributed by atoms with van der Waals surface area (Å²) in [5.74, 6) is 0.955. The van der Waals surface area contributed by atoms with Crippen molar-refractivity contribution in [3.05, 3.63) is 16.6 Å². The van der Waals surface area contributed by atoms with E-state index < -0.39 is 0 Å². The molecule has 2 rings (SSSR count). The highest BCUT2D eigenvalue weighted by Crippen LogP contribution is 2.13. The van der Waals surface area contributed by atoms with Crippen molar-refractivity contribution in [3.8, 4) is 5.88 Å². The number of hydrogen-bond acceptors (Lipinski definition) is 2. The normalized spacial score (nSPS) is 13.1. The molecule has 0 saturated carbocycles. The van der Waals surface area contributed by atoms with Crippen molar-refractivity contribution in [1.29, 1.82) is 0 Å². The van der Waals surface area contributed by atoms with Crippen molar-refractivity contribution in [2.45, 2.75) is 103 Å². The third-order valence-corrected chi connectivity index (χ3v) is 5.43. The quantitative estimate of drug-likeness (QED) is 0.394. The van der Waals surface area contributed by atoms with Crippen LogP contribution < -0.4 is 15.3 Å². The first-order valence-corrected chi connectivity index (χ1v) is 11.4.